The van der Waals surface area contributed by atoms with Crippen molar-refractivity contribution >= 4 is 5.91 Å². The second-order valence-electron chi connectivity index (χ2n) is 8.56. The van der Waals surface area contributed by atoms with Crippen molar-refractivity contribution in [3.63, 3.8) is 0 Å². The molecule has 1 amide bonds. The van der Waals surface area contributed by atoms with Crippen molar-refractivity contribution in [2.75, 3.05) is 0 Å². The molecule has 0 spiro atoms. The molecule has 0 saturated carbocycles. The molecule has 1 heterocycles. The Kier molecular flexibility index (Phi) is 7.16. The van der Waals surface area contributed by atoms with Crippen LogP contribution in [0.2, 0.25) is 0 Å². The number of amides is 1. The Balaban J connectivity index is 1.60. The number of carbonyl (C=O) groups excluding carboxylic acids is 1. The molecule has 31 heavy (non-hydrogen) atoms. The molecule has 0 aliphatic rings. The maximum atomic E-state index is 12.8. The molecule has 5 heteroatoms. The first-order valence-corrected chi connectivity index (χ1v) is 10.7. The Labute approximate surface area is 184 Å². The van der Waals surface area contributed by atoms with Gasteiger partial charge in [-0.1, -0.05) is 54.9 Å². The second-order valence-corrected chi connectivity index (χ2v) is 8.56. The average Bonchev–Trinajstić information content (AvgIpc) is 3.03. The molecule has 3 aromatic rings. The lowest BCUT2D eigenvalue weighted by molar-refractivity contribution is -0.121. The van der Waals surface area contributed by atoms with Gasteiger partial charge in [-0.25, -0.2) is 0 Å². The molecule has 0 saturated heterocycles. The number of carbonyl (C=O) groups is 1. The lowest BCUT2D eigenvalue weighted by Gasteiger charge is -2.25. The summed E-state index contributed by atoms with van der Waals surface area (Å²) in [6, 6.07) is 14.0. The van der Waals surface area contributed by atoms with Crippen molar-refractivity contribution in [3.8, 4) is 5.75 Å². The topological polar surface area (TPSA) is 64.4 Å². The fourth-order valence-electron chi connectivity index (χ4n) is 3.75. The molecular formula is C26H32N2O3. The highest BCUT2D eigenvalue weighted by Gasteiger charge is 2.20. The maximum Gasteiger partial charge on any atom is 0.224 e. The highest BCUT2D eigenvalue weighted by Crippen LogP contribution is 2.26. The fourth-order valence-corrected chi connectivity index (χ4v) is 3.75. The van der Waals surface area contributed by atoms with Gasteiger partial charge < -0.3 is 14.6 Å². The first-order valence-electron chi connectivity index (χ1n) is 10.7. The van der Waals surface area contributed by atoms with Gasteiger partial charge in [0.05, 0.1) is 23.7 Å². The average molecular weight is 421 g/mol. The molecule has 0 radical (unpaired) electrons. The van der Waals surface area contributed by atoms with E-state index in [2.05, 4.69) is 56.4 Å². The standard InChI is InChI=1S/C26H32N2O3/c1-16(2)26(23-12-7-17(3)13-18(23)4)27-25(29)14-21-8-10-22(11-9-21)30-15-24-19(5)28-31-20(24)6/h7-13,16,26H,14-15H2,1-6H3,(H,27,29). The van der Waals surface area contributed by atoms with Crippen LogP contribution < -0.4 is 10.1 Å². The van der Waals surface area contributed by atoms with Crippen molar-refractivity contribution < 1.29 is 14.1 Å². The van der Waals surface area contributed by atoms with Crippen molar-refractivity contribution in [2.45, 2.75) is 60.6 Å². The second kappa shape index (κ2) is 9.82. The Bertz CT molecular complexity index is 1020. The number of nitrogens with one attached hydrogen (secondary N) is 1. The van der Waals surface area contributed by atoms with Gasteiger partial charge in [-0.3, -0.25) is 4.79 Å². The zero-order chi connectivity index (χ0) is 22.5. The predicted molar refractivity (Wildman–Crippen MR) is 122 cm³/mol. The van der Waals surface area contributed by atoms with Gasteiger partial charge in [-0.05, 0) is 62.4 Å². The molecule has 3 rings (SSSR count). The lowest BCUT2D eigenvalue weighted by Crippen LogP contribution is -2.33. The molecule has 1 atom stereocenters. The summed E-state index contributed by atoms with van der Waals surface area (Å²) in [5, 5.41) is 7.17. The molecule has 0 fully saturated rings. The summed E-state index contributed by atoms with van der Waals surface area (Å²) in [6.45, 7) is 12.6. The zero-order valence-corrected chi connectivity index (χ0v) is 19.3. The Morgan fingerprint density at radius 3 is 2.35 bits per heavy atom. The maximum absolute atomic E-state index is 12.8. The number of benzene rings is 2. The van der Waals surface area contributed by atoms with Crippen LogP contribution in [0, 0.1) is 33.6 Å². The Morgan fingerprint density at radius 2 is 1.77 bits per heavy atom. The Morgan fingerprint density at radius 1 is 1.06 bits per heavy atom. The number of aromatic nitrogens is 1. The number of hydrogen-bond acceptors (Lipinski definition) is 4. The predicted octanol–water partition coefficient (Wildman–Crippen LogP) is 5.54. The highest BCUT2D eigenvalue weighted by molar-refractivity contribution is 5.79. The normalized spacial score (nSPS) is 12.1. The summed E-state index contributed by atoms with van der Waals surface area (Å²) in [5.41, 5.74) is 6.37. The largest absolute Gasteiger partial charge is 0.489 e. The summed E-state index contributed by atoms with van der Waals surface area (Å²) >= 11 is 0. The van der Waals surface area contributed by atoms with Crippen LogP contribution in [-0.4, -0.2) is 11.1 Å². The van der Waals surface area contributed by atoms with E-state index in [-0.39, 0.29) is 11.9 Å². The summed E-state index contributed by atoms with van der Waals surface area (Å²) in [7, 11) is 0. The van der Waals surface area contributed by atoms with Crippen LogP contribution >= 0.6 is 0 Å². The minimum Gasteiger partial charge on any atom is -0.489 e. The number of nitrogens with zero attached hydrogens (tertiary/aromatic N) is 1. The van der Waals surface area contributed by atoms with E-state index in [9.17, 15) is 4.79 Å². The Hall–Kier alpha value is -3.08. The quantitative estimate of drug-likeness (QED) is 0.519. The molecule has 0 aliphatic heterocycles. The van der Waals surface area contributed by atoms with E-state index in [0.717, 1.165) is 28.3 Å². The van der Waals surface area contributed by atoms with Gasteiger partial charge in [-0.15, -0.1) is 0 Å². The van der Waals surface area contributed by atoms with E-state index in [1.54, 1.807) is 0 Å². The zero-order valence-electron chi connectivity index (χ0n) is 19.3. The van der Waals surface area contributed by atoms with Crippen LogP contribution in [0.15, 0.2) is 47.0 Å². The van der Waals surface area contributed by atoms with Crippen LogP contribution in [-0.2, 0) is 17.8 Å². The molecular weight excluding hydrogens is 388 g/mol. The lowest BCUT2D eigenvalue weighted by atomic mass is 9.91. The van der Waals surface area contributed by atoms with E-state index in [1.807, 2.05) is 38.1 Å². The molecule has 1 unspecified atom stereocenters. The molecule has 2 aromatic carbocycles. The van der Waals surface area contributed by atoms with Crippen molar-refractivity contribution in [2.24, 2.45) is 5.92 Å². The molecule has 0 aliphatic carbocycles. The molecule has 1 N–H and O–H groups in total. The molecule has 164 valence electrons. The van der Waals surface area contributed by atoms with Gasteiger partial charge in [0.25, 0.3) is 0 Å². The third-order valence-electron chi connectivity index (χ3n) is 5.60. The third-order valence-corrected chi connectivity index (χ3v) is 5.60. The van der Waals surface area contributed by atoms with Crippen molar-refractivity contribution in [1.82, 2.24) is 10.5 Å². The smallest absolute Gasteiger partial charge is 0.224 e. The number of rotatable bonds is 8. The highest BCUT2D eigenvalue weighted by atomic mass is 16.5. The molecule has 0 bridgehead atoms. The number of hydrogen-bond donors (Lipinski definition) is 1. The number of aryl methyl sites for hydroxylation is 4. The summed E-state index contributed by atoms with van der Waals surface area (Å²) in [6.07, 6.45) is 0.332. The van der Waals surface area contributed by atoms with Crippen molar-refractivity contribution in [1.29, 1.82) is 0 Å². The van der Waals surface area contributed by atoms with Crippen LogP contribution in [0.5, 0.6) is 5.75 Å². The van der Waals surface area contributed by atoms with E-state index >= 15 is 0 Å². The van der Waals surface area contributed by atoms with Gasteiger partial charge >= 0.3 is 0 Å². The fraction of sp³-hybridized carbons (Fsp3) is 0.385. The van der Waals surface area contributed by atoms with E-state index in [4.69, 9.17) is 9.26 Å². The molecule has 1 aromatic heterocycles. The van der Waals surface area contributed by atoms with Crippen molar-refractivity contribution in [3.05, 3.63) is 81.7 Å². The van der Waals surface area contributed by atoms with Crippen LogP contribution in [0.25, 0.3) is 0 Å². The first-order chi connectivity index (χ1) is 14.7. The first kappa shape index (κ1) is 22.6. The van der Waals surface area contributed by atoms with E-state index in [1.165, 1.54) is 16.7 Å². The van der Waals surface area contributed by atoms with Crippen LogP contribution in [0.1, 0.15) is 59.2 Å². The summed E-state index contributed by atoms with van der Waals surface area (Å²) in [5.74, 6) is 1.84. The minimum atomic E-state index is -0.00856. The van der Waals surface area contributed by atoms with E-state index < -0.39 is 0 Å². The van der Waals surface area contributed by atoms with Gasteiger partial charge in [0.1, 0.15) is 18.1 Å². The van der Waals surface area contributed by atoms with Gasteiger partial charge in [-0.2, -0.15) is 0 Å². The van der Waals surface area contributed by atoms with Crippen LogP contribution in [0.4, 0.5) is 0 Å². The summed E-state index contributed by atoms with van der Waals surface area (Å²) in [4.78, 5) is 12.8. The van der Waals surface area contributed by atoms with Gasteiger partial charge in [0.15, 0.2) is 0 Å². The van der Waals surface area contributed by atoms with Crippen LogP contribution in [0.3, 0.4) is 0 Å². The van der Waals surface area contributed by atoms with E-state index in [0.29, 0.717) is 18.9 Å². The minimum absolute atomic E-state index is 0.00856. The third kappa shape index (κ3) is 5.75. The van der Waals surface area contributed by atoms with Gasteiger partial charge in [0, 0.05) is 0 Å². The monoisotopic (exact) mass is 420 g/mol. The van der Waals surface area contributed by atoms with Gasteiger partial charge in [0.2, 0.25) is 5.91 Å². The number of ether oxygens (including phenoxy) is 1. The molecule has 5 nitrogen and oxygen atoms in total. The SMILES string of the molecule is Cc1ccc(C(NC(=O)Cc2ccc(OCc3c(C)noc3C)cc2)C(C)C)c(C)c1. The summed E-state index contributed by atoms with van der Waals surface area (Å²) < 4.78 is 11.0.